The first-order chi connectivity index (χ1) is 9.55. The van der Waals surface area contributed by atoms with Gasteiger partial charge in [0.1, 0.15) is 5.75 Å². The molecule has 21 heavy (non-hydrogen) atoms. The summed E-state index contributed by atoms with van der Waals surface area (Å²) < 4.78 is 5.15. The lowest BCUT2D eigenvalue weighted by molar-refractivity contribution is 0.0936. The Balaban J connectivity index is 0.00000220. The summed E-state index contributed by atoms with van der Waals surface area (Å²) >= 11 is 5.94. The third-order valence-corrected chi connectivity index (χ3v) is 3.67. The predicted molar refractivity (Wildman–Crippen MR) is 84.4 cm³/mol. The van der Waals surface area contributed by atoms with E-state index in [1.807, 2.05) is 0 Å². The second-order valence-corrected chi connectivity index (χ2v) is 5.18. The van der Waals surface area contributed by atoms with E-state index in [1.54, 1.807) is 0 Å². The van der Waals surface area contributed by atoms with Crippen molar-refractivity contribution in [3.05, 3.63) is 22.7 Å². The van der Waals surface area contributed by atoms with Crippen molar-refractivity contribution >= 4 is 35.6 Å². The van der Waals surface area contributed by atoms with E-state index < -0.39 is 0 Å². The van der Waals surface area contributed by atoms with E-state index in [-0.39, 0.29) is 37.0 Å². The molecule has 1 aliphatic heterocycles. The molecule has 1 aliphatic rings. The van der Waals surface area contributed by atoms with Crippen LogP contribution < -0.4 is 21.1 Å². The van der Waals surface area contributed by atoms with E-state index in [1.165, 1.54) is 19.2 Å². The van der Waals surface area contributed by atoms with Crippen molar-refractivity contribution in [1.29, 1.82) is 0 Å². The molecule has 118 valence electrons. The van der Waals surface area contributed by atoms with Gasteiger partial charge >= 0.3 is 0 Å². The molecule has 0 aromatic heterocycles. The number of halogens is 2. The van der Waals surface area contributed by atoms with Crippen molar-refractivity contribution in [1.82, 2.24) is 10.6 Å². The molecule has 1 aromatic rings. The van der Waals surface area contributed by atoms with E-state index >= 15 is 0 Å². The summed E-state index contributed by atoms with van der Waals surface area (Å²) in [6, 6.07) is 3.02. The Bertz CT molecular complexity index is 514. The number of aliphatic hydroxyl groups is 1. The maximum absolute atomic E-state index is 12.3. The van der Waals surface area contributed by atoms with Gasteiger partial charge in [-0.1, -0.05) is 11.6 Å². The lowest BCUT2D eigenvalue weighted by Gasteiger charge is -2.14. The first kappa shape index (κ1) is 17.8. The van der Waals surface area contributed by atoms with Gasteiger partial charge in [-0.3, -0.25) is 4.79 Å². The molecule has 1 saturated heterocycles. The fourth-order valence-electron chi connectivity index (χ4n) is 2.25. The highest BCUT2D eigenvalue weighted by atomic mass is 35.5. The van der Waals surface area contributed by atoms with Crippen LogP contribution >= 0.6 is 24.0 Å². The number of amides is 1. The summed E-state index contributed by atoms with van der Waals surface area (Å²) in [5, 5.41) is 15.4. The number of carbonyl (C=O) groups excluding carboxylic acids is 1. The molecule has 1 fully saturated rings. The van der Waals surface area contributed by atoms with Gasteiger partial charge in [0.05, 0.1) is 30.0 Å². The molecule has 8 heteroatoms. The third-order valence-electron chi connectivity index (χ3n) is 3.34. The minimum Gasteiger partial charge on any atom is -0.496 e. The lowest BCUT2D eigenvalue weighted by atomic mass is 10.1. The smallest absolute Gasteiger partial charge is 0.255 e. The van der Waals surface area contributed by atoms with Crippen LogP contribution in [0.25, 0.3) is 0 Å². The van der Waals surface area contributed by atoms with Crippen molar-refractivity contribution in [2.75, 3.05) is 26.0 Å². The van der Waals surface area contributed by atoms with Crippen LogP contribution in [0.4, 0.5) is 5.69 Å². The van der Waals surface area contributed by atoms with E-state index in [2.05, 4.69) is 10.6 Å². The van der Waals surface area contributed by atoms with Crippen molar-refractivity contribution in [2.24, 2.45) is 0 Å². The predicted octanol–water partition coefficient (Wildman–Crippen LogP) is 0.805. The number of ether oxygens (including phenoxy) is 1. The molecule has 1 amide bonds. The van der Waals surface area contributed by atoms with Crippen molar-refractivity contribution < 1.29 is 14.6 Å². The molecular formula is C13H19Cl2N3O3. The molecular weight excluding hydrogens is 317 g/mol. The highest BCUT2D eigenvalue weighted by Crippen LogP contribution is 2.28. The number of nitrogens with two attached hydrogens (primary N) is 1. The molecule has 1 aromatic carbocycles. The van der Waals surface area contributed by atoms with Gasteiger partial charge in [0.15, 0.2) is 0 Å². The summed E-state index contributed by atoms with van der Waals surface area (Å²) in [6.07, 6.45) is 0.688. The number of nitrogens with one attached hydrogen (secondary N) is 2. The third kappa shape index (κ3) is 4.14. The average molecular weight is 336 g/mol. The Morgan fingerprint density at radius 2 is 2.33 bits per heavy atom. The van der Waals surface area contributed by atoms with Gasteiger partial charge in [-0.25, -0.2) is 0 Å². The number of anilines is 1. The fourth-order valence-corrected chi connectivity index (χ4v) is 2.41. The second-order valence-electron chi connectivity index (χ2n) is 4.77. The molecule has 6 nitrogen and oxygen atoms in total. The largest absolute Gasteiger partial charge is 0.496 e. The zero-order valence-electron chi connectivity index (χ0n) is 11.6. The van der Waals surface area contributed by atoms with Gasteiger partial charge < -0.3 is 26.2 Å². The van der Waals surface area contributed by atoms with Crippen molar-refractivity contribution in [3.63, 3.8) is 0 Å². The van der Waals surface area contributed by atoms with Crippen LogP contribution in [0.3, 0.4) is 0 Å². The first-order valence-electron chi connectivity index (χ1n) is 6.33. The van der Waals surface area contributed by atoms with Gasteiger partial charge in [0.2, 0.25) is 0 Å². The van der Waals surface area contributed by atoms with Crippen LogP contribution in [0.15, 0.2) is 12.1 Å². The monoisotopic (exact) mass is 335 g/mol. The zero-order chi connectivity index (χ0) is 14.7. The van der Waals surface area contributed by atoms with Crippen molar-refractivity contribution in [3.8, 4) is 5.75 Å². The standard InChI is InChI=1S/C13H18ClN3O3.ClH/c1-20-12-4-11(15)10(14)3-9(12)13(19)17-7-2-8(6-18)16-5-7;/h3-4,7-8,16,18H,2,5-6,15H2,1H3,(H,17,19);1H/t7-,8-;/m0./s1. The van der Waals surface area contributed by atoms with Gasteiger partial charge in [-0.2, -0.15) is 0 Å². The van der Waals surface area contributed by atoms with Gasteiger partial charge in [0.25, 0.3) is 5.91 Å². The molecule has 0 radical (unpaired) electrons. The van der Waals surface area contributed by atoms with Crippen LogP contribution in [0.5, 0.6) is 5.75 Å². The summed E-state index contributed by atoms with van der Waals surface area (Å²) in [6.45, 7) is 0.686. The number of aliphatic hydroxyl groups excluding tert-OH is 1. The number of nitrogen functional groups attached to an aromatic ring is 1. The maximum atomic E-state index is 12.3. The number of benzene rings is 1. The van der Waals surface area contributed by atoms with Crippen LogP contribution in [-0.2, 0) is 0 Å². The molecule has 0 aliphatic carbocycles. The summed E-state index contributed by atoms with van der Waals surface area (Å²) in [5.41, 5.74) is 6.39. The first-order valence-corrected chi connectivity index (χ1v) is 6.71. The number of methoxy groups -OCH3 is 1. The van der Waals surface area contributed by atoms with Gasteiger partial charge in [0, 0.05) is 24.7 Å². The molecule has 2 rings (SSSR count). The molecule has 1 heterocycles. The quantitative estimate of drug-likeness (QED) is 0.610. The zero-order valence-corrected chi connectivity index (χ0v) is 13.1. The minimum atomic E-state index is -0.269. The SMILES string of the molecule is COc1cc(N)c(Cl)cc1C(=O)N[C@@H]1CN[C@H](CO)C1.Cl. The fraction of sp³-hybridized carbons (Fsp3) is 0.462. The van der Waals surface area contributed by atoms with Crippen molar-refractivity contribution in [2.45, 2.75) is 18.5 Å². The molecule has 0 bridgehead atoms. The Labute approximate surface area is 134 Å². The van der Waals surface area contributed by atoms with E-state index in [4.69, 9.17) is 27.2 Å². The Morgan fingerprint density at radius 3 is 2.90 bits per heavy atom. The summed E-state index contributed by atoms with van der Waals surface area (Å²) in [7, 11) is 1.47. The molecule has 0 spiro atoms. The molecule has 0 unspecified atom stereocenters. The van der Waals surface area contributed by atoms with E-state index in [0.717, 1.165) is 0 Å². The Morgan fingerprint density at radius 1 is 1.62 bits per heavy atom. The highest BCUT2D eigenvalue weighted by Gasteiger charge is 2.26. The Kier molecular flexibility index (Phi) is 6.54. The lowest BCUT2D eigenvalue weighted by Crippen LogP contribution is -2.36. The molecule has 5 N–H and O–H groups in total. The Hall–Kier alpha value is -1.21. The number of hydrogen-bond acceptors (Lipinski definition) is 5. The topological polar surface area (TPSA) is 96.6 Å². The average Bonchev–Trinajstić information content (AvgIpc) is 2.88. The van der Waals surface area contributed by atoms with Crippen LogP contribution in [0.2, 0.25) is 5.02 Å². The number of carbonyl (C=O) groups is 1. The number of rotatable bonds is 4. The normalized spacial score (nSPS) is 20.7. The maximum Gasteiger partial charge on any atom is 0.255 e. The van der Waals surface area contributed by atoms with Crippen LogP contribution in [-0.4, -0.2) is 43.4 Å². The van der Waals surface area contributed by atoms with Crippen LogP contribution in [0, 0.1) is 0 Å². The molecule has 0 saturated carbocycles. The van der Waals surface area contributed by atoms with Gasteiger partial charge in [-0.15, -0.1) is 12.4 Å². The second kappa shape index (κ2) is 7.70. The molecule has 2 atom stereocenters. The van der Waals surface area contributed by atoms with E-state index in [9.17, 15) is 4.79 Å². The van der Waals surface area contributed by atoms with Crippen LogP contribution in [0.1, 0.15) is 16.8 Å². The highest BCUT2D eigenvalue weighted by molar-refractivity contribution is 6.33. The number of hydrogen-bond donors (Lipinski definition) is 4. The summed E-state index contributed by atoms with van der Waals surface area (Å²) in [4.78, 5) is 12.3. The summed E-state index contributed by atoms with van der Waals surface area (Å²) in [5.74, 6) is 0.114. The minimum absolute atomic E-state index is 0. The van der Waals surface area contributed by atoms with E-state index in [0.29, 0.717) is 35.0 Å². The van der Waals surface area contributed by atoms with Gasteiger partial charge in [-0.05, 0) is 12.5 Å².